The number of anilines is 1. The number of halogens is 3. The number of nitrogens with zero attached hydrogens (tertiary/aromatic N) is 2. The molecule has 0 amide bonds. The average Bonchev–Trinajstić information content (AvgIpc) is 2.24. The van der Waals surface area contributed by atoms with E-state index >= 15 is 0 Å². The molecule has 0 bridgehead atoms. The summed E-state index contributed by atoms with van der Waals surface area (Å²) in [6.45, 7) is 0. The van der Waals surface area contributed by atoms with E-state index in [4.69, 9.17) is 10.4 Å². The van der Waals surface area contributed by atoms with Crippen LogP contribution in [0, 0.1) is 0 Å². The first-order valence-electron chi connectivity index (χ1n) is 4.96. The Bertz CT molecular complexity index is 442. The first-order valence-corrected chi connectivity index (χ1v) is 4.96. The van der Waals surface area contributed by atoms with Crippen LogP contribution >= 0.6 is 0 Å². The van der Waals surface area contributed by atoms with Gasteiger partial charge in [0.15, 0.2) is 0 Å². The van der Waals surface area contributed by atoms with Crippen LogP contribution in [0.5, 0.6) is 0 Å². The number of rotatable bonds is 3. The molecule has 0 aliphatic rings. The molecule has 4 nitrogen and oxygen atoms in total. The fourth-order valence-electron chi connectivity index (χ4n) is 1.37. The number of benzene rings is 1. The zero-order valence-electron chi connectivity index (χ0n) is 9.81. The summed E-state index contributed by atoms with van der Waals surface area (Å²) in [6, 6.07) is 3.15. The second-order valence-corrected chi connectivity index (χ2v) is 3.80. The number of alkyl halides is 3. The van der Waals surface area contributed by atoms with Gasteiger partial charge in [-0.15, -0.1) is 5.23 Å². The molecule has 0 saturated heterocycles. The van der Waals surface area contributed by atoms with Crippen LogP contribution in [0.4, 0.5) is 18.9 Å². The molecule has 100 valence electrons. The SMILES string of the molecule is CN(C)/C=C/c1c(N(O)O)cccc1C(F)(F)F. The summed E-state index contributed by atoms with van der Waals surface area (Å²) in [7, 11) is 3.28. The second-order valence-electron chi connectivity index (χ2n) is 3.80. The van der Waals surface area contributed by atoms with Gasteiger partial charge in [0.2, 0.25) is 0 Å². The van der Waals surface area contributed by atoms with E-state index < -0.39 is 11.7 Å². The van der Waals surface area contributed by atoms with Gasteiger partial charge >= 0.3 is 6.18 Å². The summed E-state index contributed by atoms with van der Waals surface area (Å²) in [5.41, 5.74) is -1.60. The third-order valence-electron chi connectivity index (χ3n) is 2.14. The molecule has 2 N–H and O–H groups in total. The fraction of sp³-hybridized carbons (Fsp3) is 0.273. The lowest BCUT2D eigenvalue weighted by molar-refractivity contribution is -0.137. The predicted molar refractivity (Wildman–Crippen MR) is 60.2 cm³/mol. The molecule has 1 aromatic rings. The fourth-order valence-corrected chi connectivity index (χ4v) is 1.37. The Morgan fingerprint density at radius 2 is 1.78 bits per heavy atom. The third kappa shape index (κ3) is 3.38. The van der Waals surface area contributed by atoms with E-state index in [0.717, 1.165) is 18.2 Å². The Labute approximate surface area is 102 Å². The summed E-state index contributed by atoms with van der Waals surface area (Å²) >= 11 is 0. The van der Waals surface area contributed by atoms with Gasteiger partial charge in [0.25, 0.3) is 0 Å². The molecule has 0 aromatic heterocycles. The van der Waals surface area contributed by atoms with Gasteiger partial charge in [0, 0.05) is 19.7 Å². The minimum Gasteiger partial charge on any atom is -0.383 e. The summed E-state index contributed by atoms with van der Waals surface area (Å²) < 4.78 is 38.4. The second kappa shape index (κ2) is 5.28. The molecule has 0 atom stereocenters. The van der Waals surface area contributed by atoms with Crippen molar-refractivity contribution in [2.24, 2.45) is 0 Å². The van der Waals surface area contributed by atoms with Gasteiger partial charge in [-0.25, -0.2) is 0 Å². The minimum absolute atomic E-state index is 0.316. The van der Waals surface area contributed by atoms with Crippen molar-refractivity contribution in [2.75, 3.05) is 19.3 Å². The van der Waals surface area contributed by atoms with Gasteiger partial charge in [-0.3, -0.25) is 10.4 Å². The Hall–Kier alpha value is -1.73. The van der Waals surface area contributed by atoms with Crippen LogP contribution in [0.2, 0.25) is 0 Å². The van der Waals surface area contributed by atoms with Crippen LogP contribution in [0.25, 0.3) is 6.08 Å². The maximum atomic E-state index is 12.8. The standard InChI is InChI=1S/C11H13F3N2O2/c1-15(2)7-6-8-9(11(12,13)14)4-3-5-10(8)16(17)18/h3-7,17-18H,1-2H3/b7-6+. The van der Waals surface area contributed by atoms with E-state index in [1.807, 2.05) is 0 Å². The van der Waals surface area contributed by atoms with Gasteiger partial charge in [0.05, 0.1) is 5.56 Å². The van der Waals surface area contributed by atoms with Crippen molar-refractivity contribution in [3.05, 3.63) is 35.5 Å². The van der Waals surface area contributed by atoms with Crippen LogP contribution in [0.1, 0.15) is 11.1 Å². The minimum atomic E-state index is -4.57. The molecule has 1 aromatic carbocycles. The topological polar surface area (TPSA) is 46.9 Å². The Morgan fingerprint density at radius 1 is 1.17 bits per heavy atom. The first-order chi connectivity index (χ1) is 8.23. The van der Waals surface area contributed by atoms with Gasteiger partial charge in [-0.05, 0) is 24.4 Å². The Morgan fingerprint density at radius 3 is 2.22 bits per heavy atom. The lowest BCUT2D eigenvalue weighted by Gasteiger charge is -2.17. The number of hydrogen-bond donors (Lipinski definition) is 2. The van der Waals surface area contributed by atoms with Gasteiger partial charge in [-0.2, -0.15) is 13.2 Å². The third-order valence-corrected chi connectivity index (χ3v) is 2.14. The summed E-state index contributed by atoms with van der Waals surface area (Å²) in [4.78, 5) is 1.54. The van der Waals surface area contributed by atoms with Crippen molar-refractivity contribution in [1.82, 2.24) is 4.90 Å². The maximum Gasteiger partial charge on any atom is 0.417 e. The largest absolute Gasteiger partial charge is 0.417 e. The molecule has 0 radical (unpaired) electrons. The molecule has 0 spiro atoms. The van der Waals surface area contributed by atoms with Crippen LogP contribution in [-0.2, 0) is 6.18 Å². The Balaban J connectivity index is 3.40. The smallest absolute Gasteiger partial charge is 0.383 e. The lowest BCUT2D eigenvalue weighted by atomic mass is 10.0. The van der Waals surface area contributed by atoms with Crippen molar-refractivity contribution in [3.63, 3.8) is 0 Å². The highest BCUT2D eigenvalue weighted by molar-refractivity contribution is 5.69. The van der Waals surface area contributed by atoms with Crippen LogP contribution in [0.15, 0.2) is 24.4 Å². The Kier molecular flexibility index (Phi) is 4.20. The van der Waals surface area contributed by atoms with Crippen molar-refractivity contribution in [2.45, 2.75) is 6.18 Å². The van der Waals surface area contributed by atoms with E-state index in [1.54, 1.807) is 14.1 Å². The molecule has 1 rings (SSSR count). The monoisotopic (exact) mass is 262 g/mol. The molecule has 18 heavy (non-hydrogen) atoms. The van der Waals surface area contributed by atoms with Crippen molar-refractivity contribution in [3.8, 4) is 0 Å². The van der Waals surface area contributed by atoms with E-state index in [1.165, 1.54) is 17.2 Å². The molecule has 0 heterocycles. The zero-order chi connectivity index (χ0) is 13.9. The quantitative estimate of drug-likeness (QED) is 0.822. The van der Waals surface area contributed by atoms with Crippen molar-refractivity contribution in [1.29, 1.82) is 0 Å². The normalized spacial score (nSPS) is 11.9. The molecule has 0 fully saturated rings. The molecular weight excluding hydrogens is 249 g/mol. The highest BCUT2D eigenvalue weighted by Gasteiger charge is 2.34. The average molecular weight is 262 g/mol. The van der Waals surface area contributed by atoms with Crippen LogP contribution < -0.4 is 5.23 Å². The van der Waals surface area contributed by atoms with Crippen molar-refractivity contribution < 1.29 is 23.6 Å². The molecule has 7 heteroatoms. The lowest BCUT2D eigenvalue weighted by Crippen LogP contribution is -2.16. The van der Waals surface area contributed by atoms with Crippen molar-refractivity contribution >= 4 is 11.8 Å². The summed E-state index contributed by atoms with van der Waals surface area (Å²) in [5.74, 6) is 0. The van der Waals surface area contributed by atoms with Gasteiger partial charge in [-0.1, -0.05) is 6.07 Å². The van der Waals surface area contributed by atoms with Crippen LogP contribution in [-0.4, -0.2) is 29.4 Å². The molecule has 0 unspecified atom stereocenters. The van der Waals surface area contributed by atoms with E-state index in [-0.39, 0.29) is 16.5 Å². The van der Waals surface area contributed by atoms with Crippen LogP contribution in [0.3, 0.4) is 0 Å². The summed E-state index contributed by atoms with van der Waals surface area (Å²) in [6.07, 6.45) is -2.02. The molecule has 0 aliphatic heterocycles. The van der Waals surface area contributed by atoms with Gasteiger partial charge < -0.3 is 4.90 Å². The highest BCUT2D eigenvalue weighted by Crippen LogP contribution is 2.36. The zero-order valence-corrected chi connectivity index (χ0v) is 9.81. The number of hydrogen-bond acceptors (Lipinski definition) is 4. The first kappa shape index (κ1) is 14.3. The highest BCUT2D eigenvalue weighted by atomic mass is 19.4. The molecule has 0 aliphatic carbocycles. The maximum absolute atomic E-state index is 12.8. The molecular formula is C11H13F3N2O2. The van der Waals surface area contributed by atoms with E-state index in [9.17, 15) is 13.2 Å². The van der Waals surface area contributed by atoms with E-state index in [0.29, 0.717) is 0 Å². The molecule has 0 saturated carbocycles. The van der Waals surface area contributed by atoms with Gasteiger partial charge in [0.1, 0.15) is 5.69 Å². The van der Waals surface area contributed by atoms with E-state index in [2.05, 4.69) is 0 Å². The summed E-state index contributed by atoms with van der Waals surface area (Å²) in [5, 5.41) is 17.5. The predicted octanol–water partition coefficient (Wildman–Crippen LogP) is 2.82.